The van der Waals surface area contributed by atoms with Crippen LogP contribution in [0.2, 0.25) is 0 Å². The van der Waals surface area contributed by atoms with Crippen LogP contribution in [-0.2, 0) is 6.54 Å². The quantitative estimate of drug-likeness (QED) is 0.879. The molecule has 0 radical (unpaired) electrons. The molecular formula is C14H14N2O3. The smallest absolute Gasteiger partial charge is 0.257 e. The number of carbonyl (C=O) groups excluding carboxylic acids is 1. The number of phenolic OH excluding ortho intramolecular Hbond substituents is 2. The minimum Gasteiger partial charge on any atom is -0.508 e. The fraction of sp³-hybridized carbons (Fsp3) is 0.143. The van der Waals surface area contributed by atoms with Gasteiger partial charge in [-0.25, -0.2) is 0 Å². The molecule has 0 spiro atoms. The lowest BCUT2D eigenvalue weighted by molar-refractivity contribution is 0.0782. The van der Waals surface area contributed by atoms with Crippen LogP contribution < -0.4 is 0 Å². The van der Waals surface area contributed by atoms with E-state index in [1.54, 1.807) is 25.5 Å². The minimum absolute atomic E-state index is 0.0797. The summed E-state index contributed by atoms with van der Waals surface area (Å²) in [6.07, 6.45) is 3.34. The third-order valence-electron chi connectivity index (χ3n) is 2.70. The molecule has 2 N–H and O–H groups in total. The molecule has 0 unspecified atom stereocenters. The standard InChI is InChI=1S/C14H14N2O3/c1-16(9-10-3-2-6-15-8-10)14(19)12-5-4-11(17)7-13(12)18/h2-8,17-18H,9H2,1H3. The van der Waals surface area contributed by atoms with E-state index in [2.05, 4.69) is 4.98 Å². The number of rotatable bonds is 3. The molecule has 1 amide bonds. The van der Waals surface area contributed by atoms with Gasteiger partial charge in [-0.2, -0.15) is 0 Å². The Balaban J connectivity index is 2.15. The Bertz CT molecular complexity index is 584. The van der Waals surface area contributed by atoms with E-state index in [0.717, 1.165) is 11.6 Å². The van der Waals surface area contributed by atoms with E-state index in [0.29, 0.717) is 6.54 Å². The largest absolute Gasteiger partial charge is 0.508 e. The normalized spacial score (nSPS) is 10.2. The summed E-state index contributed by atoms with van der Waals surface area (Å²) in [7, 11) is 1.64. The fourth-order valence-electron chi connectivity index (χ4n) is 1.74. The fourth-order valence-corrected chi connectivity index (χ4v) is 1.74. The number of nitrogens with zero attached hydrogens (tertiary/aromatic N) is 2. The molecule has 0 saturated heterocycles. The van der Waals surface area contributed by atoms with Gasteiger partial charge in [0.1, 0.15) is 11.5 Å². The zero-order chi connectivity index (χ0) is 13.8. The molecule has 2 aromatic rings. The Hall–Kier alpha value is -2.56. The maximum Gasteiger partial charge on any atom is 0.257 e. The number of phenols is 2. The average molecular weight is 258 g/mol. The van der Waals surface area contributed by atoms with Crippen LogP contribution in [0, 0.1) is 0 Å². The first kappa shape index (κ1) is 12.9. The first-order chi connectivity index (χ1) is 9.08. The summed E-state index contributed by atoms with van der Waals surface area (Å²) in [6.45, 7) is 0.396. The van der Waals surface area contributed by atoms with E-state index in [9.17, 15) is 15.0 Å². The summed E-state index contributed by atoms with van der Waals surface area (Å²) in [4.78, 5) is 17.6. The van der Waals surface area contributed by atoms with Gasteiger partial charge in [0.05, 0.1) is 5.56 Å². The van der Waals surface area contributed by atoms with Crippen molar-refractivity contribution in [3.63, 3.8) is 0 Å². The third kappa shape index (κ3) is 3.01. The molecule has 5 heteroatoms. The molecule has 1 aromatic heterocycles. The predicted octanol–water partition coefficient (Wildman–Crippen LogP) is 1.77. The molecule has 0 saturated carbocycles. The van der Waals surface area contributed by atoms with Gasteiger partial charge in [-0.15, -0.1) is 0 Å². The first-order valence-corrected chi connectivity index (χ1v) is 5.74. The Kier molecular flexibility index (Phi) is 3.66. The highest BCUT2D eigenvalue weighted by atomic mass is 16.3. The summed E-state index contributed by atoms with van der Waals surface area (Å²) >= 11 is 0. The Labute approximate surface area is 110 Å². The molecule has 0 bridgehead atoms. The van der Waals surface area contributed by atoms with Gasteiger partial charge in [0.2, 0.25) is 0 Å². The number of benzene rings is 1. The second-order valence-corrected chi connectivity index (χ2v) is 4.22. The summed E-state index contributed by atoms with van der Waals surface area (Å²) in [6, 6.07) is 7.57. The summed E-state index contributed by atoms with van der Waals surface area (Å²) in [5, 5.41) is 18.9. The van der Waals surface area contributed by atoms with Crippen molar-refractivity contribution in [1.29, 1.82) is 0 Å². The van der Waals surface area contributed by atoms with Crippen LogP contribution in [0.4, 0.5) is 0 Å². The van der Waals surface area contributed by atoms with E-state index in [-0.39, 0.29) is 23.0 Å². The number of aromatic nitrogens is 1. The number of carbonyl (C=O) groups is 1. The van der Waals surface area contributed by atoms with Crippen molar-refractivity contribution in [3.05, 3.63) is 53.9 Å². The third-order valence-corrected chi connectivity index (χ3v) is 2.70. The maximum atomic E-state index is 12.1. The minimum atomic E-state index is -0.318. The molecule has 0 aliphatic carbocycles. The number of aromatic hydroxyl groups is 2. The van der Waals surface area contributed by atoms with Crippen molar-refractivity contribution in [3.8, 4) is 11.5 Å². The van der Waals surface area contributed by atoms with Gasteiger partial charge in [0.25, 0.3) is 5.91 Å². The number of amides is 1. The van der Waals surface area contributed by atoms with E-state index in [1.165, 1.54) is 17.0 Å². The molecular weight excluding hydrogens is 244 g/mol. The monoisotopic (exact) mass is 258 g/mol. The Morgan fingerprint density at radius 2 is 2.11 bits per heavy atom. The number of pyridine rings is 1. The maximum absolute atomic E-state index is 12.1. The molecule has 1 heterocycles. The van der Waals surface area contributed by atoms with Crippen molar-refractivity contribution < 1.29 is 15.0 Å². The lowest BCUT2D eigenvalue weighted by atomic mass is 10.1. The van der Waals surface area contributed by atoms with Gasteiger partial charge in [-0.3, -0.25) is 9.78 Å². The van der Waals surface area contributed by atoms with Crippen LogP contribution >= 0.6 is 0 Å². The van der Waals surface area contributed by atoms with Crippen LogP contribution in [0.15, 0.2) is 42.7 Å². The number of hydrogen-bond acceptors (Lipinski definition) is 4. The van der Waals surface area contributed by atoms with Crippen LogP contribution in [0.5, 0.6) is 11.5 Å². The molecule has 0 aliphatic heterocycles. The van der Waals surface area contributed by atoms with Crippen molar-refractivity contribution in [2.24, 2.45) is 0 Å². The van der Waals surface area contributed by atoms with Crippen molar-refractivity contribution >= 4 is 5.91 Å². The van der Waals surface area contributed by atoms with Crippen LogP contribution in [0.25, 0.3) is 0 Å². The van der Waals surface area contributed by atoms with Gasteiger partial charge in [0, 0.05) is 32.1 Å². The van der Waals surface area contributed by atoms with E-state index >= 15 is 0 Å². The summed E-state index contributed by atoms with van der Waals surface area (Å²) in [5.41, 5.74) is 1.06. The highest BCUT2D eigenvalue weighted by molar-refractivity contribution is 5.96. The molecule has 0 atom stereocenters. The lowest BCUT2D eigenvalue weighted by Gasteiger charge is -2.17. The molecule has 98 valence electrons. The highest BCUT2D eigenvalue weighted by Crippen LogP contribution is 2.23. The Morgan fingerprint density at radius 3 is 2.74 bits per heavy atom. The SMILES string of the molecule is CN(Cc1cccnc1)C(=O)c1ccc(O)cc1O. The summed E-state index contributed by atoms with van der Waals surface area (Å²) in [5.74, 6) is -0.631. The van der Waals surface area contributed by atoms with Gasteiger partial charge in [-0.1, -0.05) is 6.07 Å². The second kappa shape index (κ2) is 5.39. The van der Waals surface area contributed by atoms with Gasteiger partial charge >= 0.3 is 0 Å². The predicted molar refractivity (Wildman–Crippen MR) is 69.8 cm³/mol. The van der Waals surface area contributed by atoms with Crippen molar-refractivity contribution in [1.82, 2.24) is 9.88 Å². The van der Waals surface area contributed by atoms with Gasteiger partial charge in [0.15, 0.2) is 0 Å². The second-order valence-electron chi connectivity index (χ2n) is 4.22. The molecule has 1 aromatic carbocycles. The van der Waals surface area contributed by atoms with Crippen LogP contribution in [0.3, 0.4) is 0 Å². The molecule has 19 heavy (non-hydrogen) atoms. The van der Waals surface area contributed by atoms with Crippen molar-refractivity contribution in [2.45, 2.75) is 6.54 Å². The molecule has 0 fully saturated rings. The van der Waals surface area contributed by atoms with E-state index in [1.807, 2.05) is 6.07 Å². The van der Waals surface area contributed by atoms with Gasteiger partial charge < -0.3 is 15.1 Å². The molecule has 0 aliphatic rings. The van der Waals surface area contributed by atoms with E-state index in [4.69, 9.17) is 0 Å². The highest BCUT2D eigenvalue weighted by Gasteiger charge is 2.16. The molecule has 2 rings (SSSR count). The lowest BCUT2D eigenvalue weighted by Crippen LogP contribution is -2.26. The van der Waals surface area contributed by atoms with E-state index < -0.39 is 0 Å². The van der Waals surface area contributed by atoms with Crippen LogP contribution in [0.1, 0.15) is 15.9 Å². The molecule has 5 nitrogen and oxygen atoms in total. The van der Waals surface area contributed by atoms with Gasteiger partial charge in [-0.05, 0) is 23.8 Å². The average Bonchev–Trinajstić information content (AvgIpc) is 2.39. The number of hydrogen-bond donors (Lipinski definition) is 2. The zero-order valence-electron chi connectivity index (χ0n) is 10.4. The van der Waals surface area contributed by atoms with Crippen LogP contribution in [-0.4, -0.2) is 33.1 Å². The first-order valence-electron chi connectivity index (χ1n) is 5.74. The summed E-state index contributed by atoms with van der Waals surface area (Å²) < 4.78 is 0. The van der Waals surface area contributed by atoms with Crippen molar-refractivity contribution in [2.75, 3.05) is 7.05 Å². The zero-order valence-corrected chi connectivity index (χ0v) is 10.4. The topological polar surface area (TPSA) is 73.7 Å². The Morgan fingerprint density at radius 1 is 1.32 bits per heavy atom.